The van der Waals surface area contributed by atoms with Crippen molar-refractivity contribution in [3.63, 3.8) is 0 Å². The molecular weight excluding hydrogens is 338 g/mol. The van der Waals surface area contributed by atoms with Crippen molar-refractivity contribution >= 4 is 15.7 Å². The molecule has 0 unspecified atom stereocenters. The topological polar surface area (TPSA) is 72.5 Å². The first kappa shape index (κ1) is 16.1. The number of carbonyl (C=O) groups excluding carboxylic acids is 1. The maximum Gasteiger partial charge on any atom is 0.242 e. The molecule has 2 aliphatic rings. The number of carbonyl (C=O) groups is 1. The van der Waals surface area contributed by atoms with Gasteiger partial charge < -0.3 is 10.1 Å². The Labute approximate surface area is 146 Å². The lowest BCUT2D eigenvalue weighted by atomic mass is 9.81. The van der Waals surface area contributed by atoms with E-state index in [-0.39, 0.29) is 4.90 Å². The summed E-state index contributed by atoms with van der Waals surface area (Å²) in [6.07, 6.45) is 0.422. The van der Waals surface area contributed by atoms with Crippen LogP contribution in [0.3, 0.4) is 0 Å². The normalized spacial score (nSPS) is 27.8. The molecule has 0 spiro atoms. The minimum Gasteiger partial charge on any atom is -0.468 e. The average molecular weight is 357 g/mol. The highest BCUT2D eigenvalue weighted by Gasteiger charge is 2.53. The van der Waals surface area contributed by atoms with E-state index in [0.717, 1.165) is 11.1 Å². The van der Waals surface area contributed by atoms with Crippen LogP contribution in [0.2, 0.25) is 0 Å². The van der Waals surface area contributed by atoms with Crippen LogP contribution in [0.4, 0.5) is 0 Å². The van der Waals surface area contributed by atoms with Gasteiger partial charge in [0.05, 0.1) is 4.90 Å². The second kappa shape index (κ2) is 5.33. The van der Waals surface area contributed by atoms with E-state index in [9.17, 15) is 13.2 Å². The molecule has 0 saturated carbocycles. The third-order valence-electron chi connectivity index (χ3n) is 4.96. The fourth-order valence-corrected chi connectivity index (χ4v) is 5.61. The number of benzene rings is 2. The van der Waals surface area contributed by atoms with Crippen LogP contribution < -0.4 is 10.1 Å². The molecule has 0 aromatic heterocycles. The van der Waals surface area contributed by atoms with Crippen molar-refractivity contribution in [1.82, 2.24) is 5.32 Å². The number of nitrogens with one attached hydrogen (secondary N) is 1. The zero-order chi connectivity index (χ0) is 17.8. The van der Waals surface area contributed by atoms with Crippen molar-refractivity contribution in [3.8, 4) is 5.75 Å². The van der Waals surface area contributed by atoms with Crippen LogP contribution in [0.15, 0.2) is 53.4 Å². The summed E-state index contributed by atoms with van der Waals surface area (Å²) < 4.78 is 32.4. The fraction of sp³-hybridized carbons (Fsp3) is 0.316. The minimum atomic E-state index is -3.82. The predicted molar refractivity (Wildman–Crippen MR) is 93.1 cm³/mol. The largest absolute Gasteiger partial charge is 0.468 e. The smallest absolute Gasteiger partial charge is 0.242 e. The van der Waals surface area contributed by atoms with E-state index in [2.05, 4.69) is 5.32 Å². The summed E-state index contributed by atoms with van der Waals surface area (Å²) in [4.78, 5) is 12.9. The second-order valence-electron chi connectivity index (χ2n) is 6.95. The Morgan fingerprint density at radius 1 is 1.12 bits per heavy atom. The molecule has 0 aliphatic carbocycles. The lowest BCUT2D eigenvalue weighted by molar-refractivity contribution is -0.132. The second-order valence-corrected chi connectivity index (χ2v) is 9.02. The Morgan fingerprint density at radius 2 is 1.80 bits per heavy atom. The molecule has 0 radical (unpaired) electrons. The average Bonchev–Trinajstić information content (AvgIpc) is 2.54. The Hall–Kier alpha value is -2.34. The molecule has 2 aromatic rings. The van der Waals surface area contributed by atoms with Crippen LogP contribution in [0.1, 0.15) is 30.4 Å². The van der Waals surface area contributed by atoms with Crippen LogP contribution in [0, 0.1) is 6.92 Å². The van der Waals surface area contributed by atoms with Crippen LogP contribution >= 0.6 is 0 Å². The summed E-state index contributed by atoms with van der Waals surface area (Å²) in [5.74, 6) is -0.311. The summed E-state index contributed by atoms with van der Waals surface area (Å²) >= 11 is 0. The summed E-state index contributed by atoms with van der Waals surface area (Å²) in [5, 5.41) is 1.60. The predicted octanol–water partition coefficient (Wildman–Crippen LogP) is 2.55. The number of ether oxygens (including phenoxy) is 1. The van der Waals surface area contributed by atoms with Gasteiger partial charge in [-0.1, -0.05) is 35.9 Å². The van der Waals surface area contributed by atoms with Gasteiger partial charge in [-0.25, -0.2) is 8.42 Å². The molecule has 5 nitrogen and oxygen atoms in total. The number of fused-ring (bicyclic) bond motifs is 4. The van der Waals surface area contributed by atoms with E-state index in [4.69, 9.17) is 4.74 Å². The Morgan fingerprint density at radius 3 is 2.52 bits per heavy atom. The number of amides is 1. The first-order valence-electron chi connectivity index (χ1n) is 8.21. The van der Waals surface area contributed by atoms with Crippen molar-refractivity contribution in [2.24, 2.45) is 0 Å². The quantitative estimate of drug-likeness (QED) is 0.896. The molecule has 2 aliphatic heterocycles. The molecule has 2 heterocycles. The molecule has 3 atom stereocenters. The zero-order valence-electron chi connectivity index (χ0n) is 14.0. The van der Waals surface area contributed by atoms with Crippen molar-refractivity contribution in [1.29, 1.82) is 0 Å². The Balaban J connectivity index is 1.85. The molecule has 1 saturated heterocycles. The number of hydrogen-bond acceptors (Lipinski definition) is 4. The van der Waals surface area contributed by atoms with Crippen molar-refractivity contribution < 1.29 is 17.9 Å². The number of sulfone groups is 1. The summed E-state index contributed by atoms with van der Waals surface area (Å²) in [5.41, 5.74) is 0.863. The molecule has 6 heteroatoms. The lowest BCUT2D eigenvalue weighted by Gasteiger charge is -2.46. The van der Waals surface area contributed by atoms with Gasteiger partial charge in [-0.3, -0.25) is 4.79 Å². The summed E-state index contributed by atoms with van der Waals surface area (Å²) in [7, 11) is -3.82. The molecule has 25 heavy (non-hydrogen) atoms. The molecule has 2 bridgehead atoms. The van der Waals surface area contributed by atoms with Crippen molar-refractivity contribution in [3.05, 3.63) is 59.7 Å². The van der Waals surface area contributed by atoms with Crippen LogP contribution in [-0.2, 0) is 14.6 Å². The number of rotatable bonds is 2. The van der Waals surface area contributed by atoms with Crippen LogP contribution in [0.25, 0.3) is 0 Å². The van der Waals surface area contributed by atoms with Gasteiger partial charge in [0.2, 0.25) is 5.91 Å². The Bertz CT molecular complexity index is 952. The number of aryl methyl sites for hydroxylation is 1. The maximum atomic E-state index is 13.2. The fourth-order valence-electron chi connectivity index (χ4n) is 3.79. The maximum absolute atomic E-state index is 13.2. The van der Waals surface area contributed by atoms with Gasteiger partial charge in [-0.2, -0.15) is 0 Å². The summed E-state index contributed by atoms with van der Waals surface area (Å²) in [6, 6.07) is 14.0. The van der Waals surface area contributed by atoms with Crippen LogP contribution in [-0.4, -0.2) is 25.3 Å². The standard InChI is InChI=1S/C19H19NO4S/c1-12-7-9-13(10-8-12)25(22,23)17-15-11-19(2,20-18(17)21)24-16-6-4-3-5-14(15)16/h3-10,15,17H,11H2,1-2H3,(H,20,21)/t15-,17-,19+/m0/s1. The van der Waals surface area contributed by atoms with E-state index in [0.29, 0.717) is 12.2 Å². The van der Waals surface area contributed by atoms with Gasteiger partial charge in [0.1, 0.15) is 5.75 Å². The minimum absolute atomic E-state index is 0.172. The van der Waals surface area contributed by atoms with Gasteiger partial charge in [-0.05, 0) is 37.6 Å². The molecule has 1 N–H and O–H groups in total. The van der Waals surface area contributed by atoms with Gasteiger partial charge in [0.15, 0.2) is 20.8 Å². The van der Waals surface area contributed by atoms with E-state index < -0.39 is 32.6 Å². The highest BCUT2D eigenvalue weighted by Crippen LogP contribution is 2.46. The van der Waals surface area contributed by atoms with Crippen LogP contribution in [0.5, 0.6) is 5.75 Å². The molecule has 2 aromatic carbocycles. The lowest BCUT2D eigenvalue weighted by Crippen LogP contribution is -2.63. The highest BCUT2D eigenvalue weighted by atomic mass is 32.2. The Kier molecular flexibility index (Phi) is 3.44. The molecule has 1 fully saturated rings. The monoisotopic (exact) mass is 357 g/mol. The molecule has 130 valence electrons. The third-order valence-corrected chi connectivity index (χ3v) is 7.10. The molecular formula is C19H19NO4S. The SMILES string of the molecule is Cc1ccc(S(=O)(=O)[C@@H]2C(=O)N[C@@]3(C)C[C@H]2c2ccccc2O3)cc1. The number of hydrogen-bond donors (Lipinski definition) is 1. The van der Waals surface area contributed by atoms with E-state index in [1.807, 2.05) is 31.2 Å². The molecule has 4 rings (SSSR count). The first-order valence-corrected chi connectivity index (χ1v) is 9.75. The number of piperidine rings is 1. The van der Waals surface area contributed by atoms with Gasteiger partial charge in [0, 0.05) is 12.3 Å². The zero-order valence-corrected chi connectivity index (χ0v) is 14.8. The van der Waals surface area contributed by atoms with Gasteiger partial charge in [0.25, 0.3) is 0 Å². The van der Waals surface area contributed by atoms with Crippen molar-refractivity contribution in [2.45, 2.75) is 42.1 Å². The van der Waals surface area contributed by atoms with E-state index >= 15 is 0 Å². The summed E-state index contributed by atoms with van der Waals surface area (Å²) in [6.45, 7) is 3.67. The molecule has 1 amide bonds. The number of para-hydroxylation sites is 1. The van der Waals surface area contributed by atoms with Gasteiger partial charge in [-0.15, -0.1) is 0 Å². The highest BCUT2D eigenvalue weighted by molar-refractivity contribution is 7.92. The third kappa shape index (κ3) is 2.52. The van der Waals surface area contributed by atoms with E-state index in [1.165, 1.54) is 0 Å². The first-order chi connectivity index (χ1) is 11.8. The van der Waals surface area contributed by atoms with Gasteiger partial charge >= 0.3 is 0 Å². The van der Waals surface area contributed by atoms with Crippen molar-refractivity contribution in [2.75, 3.05) is 0 Å². The van der Waals surface area contributed by atoms with E-state index in [1.54, 1.807) is 31.2 Å².